The molecule has 170 valence electrons. The number of ether oxygens (including phenoxy) is 1. The van der Waals surface area contributed by atoms with Gasteiger partial charge in [0.1, 0.15) is 11.6 Å². The lowest BCUT2D eigenvalue weighted by Gasteiger charge is -2.35. The number of rotatable bonds is 3. The first-order valence-electron chi connectivity index (χ1n) is 11.1. The second-order valence-electron chi connectivity index (χ2n) is 8.57. The molecule has 5 rings (SSSR count). The molecule has 7 heteroatoms. The Kier molecular flexibility index (Phi) is 5.50. The van der Waals surface area contributed by atoms with Crippen molar-refractivity contribution < 1.29 is 13.5 Å². The number of fused-ring (bicyclic) bond motifs is 1. The summed E-state index contributed by atoms with van der Waals surface area (Å²) in [4.78, 5) is 6.00. The first-order chi connectivity index (χ1) is 15.9. The summed E-state index contributed by atoms with van der Waals surface area (Å²) in [5, 5.41) is 3.25. The average Bonchev–Trinajstić information content (AvgIpc) is 2.80. The van der Waals surface area contributed by atoms with Crippen LogP contribution in [-0.4, -0.2) is 37.3 Å². The average molecular weight is 449 g/mol. The number of anilines is 2. The lowest BCUT2D eigenvalue weighted by Crippen LogP contribution is -2.43. The molecule has 1 fully saturated rings. The van der Waals surface area contributed by atoms with Crippen molar-refractivity contribution in [3.05, 3.63) is 71.9 Å². The molecule has 0 radical (unpaired) electrons. The molecular formula is C26H26F2N4O. The van der Waals surface area contributed by atoms with E-state index in [-0.39, 0.29) is 23.0 Å². The second-order valence-corrected chi connectivity index (χ2v) is 8.57. The first-order valence-corrected chi connectivity index (χ1v) is 11.1. The zero-order valence-electron chi connectivity index (χ0n) is 18.5. The molecule has 1 saturated heterocycles. The van der Waals surface area contributed by atoms with E-state index in [9.17, 15) is 4.39 Å². The summed E-state index contributed by atoms with van der Waals surface area (Å²) in [5.74, 6) is -1.23. The molecular weight excluding hydrogens is 422 g/mol. The van der Waals surface area contributed by atoms with Gasteiger partial charge in [0.25, 0.3) is 0 Å². The molecule has 0 bridgehead atoms. The van der Waals surface area contributed by atoms with Crippen LogP contribution in [0.15, 0.2) is 49.0 Å². The number of nitrogens with two attached hydrogens (primary N) is 1. The number of morpholine rings is 1. The Labute approximate surface area is 191 Å². The molecule has 1 aromatic heterocycles. The molecule has 2 aliphatic rings. The van der Waals surface area contributed by atoms with Crippen LogP contribution in [0.2, 0.25) is 0 Å². The van der Waals surface area contributed by atoms with Crippen molar-refractivity contribution in [2.75, 3.05) is 36.9 Å². The van der Waals surface area contributed by atoms with E-state index in [0.29, 0.717) is 25.3 Å². The fraction of sp³-hybridized carbons (Fsp3) is 0.269. The third-order valence-electron chi connectivity index (χ3n) is 6.42. The molecule has 2 aliphatic heterocycles. The minimum Gasteiger partial charge on any atom is -0.385 e. The molecule has 0 aliphatic carbocycles. The van der Waals surface area contributed by atoms with Crippen LogP contribution >= 0.6 is 0 Å². The van der Waals surface area contributed by atoms with Crippen LogP contribution in [0.25, 0.3) is 28.0 Å². The molecule has 3 N–H and O–H groups in total. The van der Waals surface area contributed by atoms with Crippen LogP contribution in [0, 0.1) is 11.8 Å². The number of nitrogens with one attached hydrogen (secondary N) is 1. The molecule has 33 heavy (non-hydrogen) atoms. The van der Waals surface area contributed by atoms with Gasteiger partial charge in [0.2, 0.25) is 5.95 Å². The quantitative estimate of drug-likeness (QED) is 0.573. The van der Waals surface area contributed by atoms with Crippen molar-refractivity contribution >= 4 is 17.2 Å². The maximum atomic E-state index is 15.2. The third kappa shape index (κ3) is 3.93. The maximum Gasteiger partial charge on any atom is 0.222 e. The van der Waals surface area contributed by atoms with Gasteiger partial charge in [0, 0.05) is 52.8 Å². The summed E-state index contributed by atoms with van der Waals surface area (Å²) in [6, 6.07) is 12.5. The van der Waals surface area contributed by atoms with Gasteiger partial charge < -0.3 is 20.7 Å². The lowest BCUT2D eigenvalue weighted by atomic mass is 9.93. The summed E-state index contributed by atoms with van der Waals surface area (Å²) in [7, 11) is 0. The van der Waals surface area contributed by atoms with Crippen molar-refractivity contribution in [1.29, 1.82) is 0 Å². The molecule has 0 spiro atoms. The van der Waals surface area contributed by atoms with Gasteiger partial charge >= 0.3 is 0 Å². The number of benzene rings is 2. The summed E-state index contributed by atoms with van der Waals surface area (Å²) in [6.45, 7) is 8.75. The minimum atomic E-state index is -0.793. The number of nitrogens with zero attached hydrogens (tertiary/aromatic N) is 2. The van der Waals surface area contributed by atoms with E-state index in [2.05, 4.69) is 21.8 Å². The van der Waals surface area contributed by atoms with Gasteiger partial charge in [0.15, 0.2) is 0 Å². The summed E-state index contributed by atoms with van der Waals surface area (Å²) in [6.07, 6.45) is 0.847. The van der Waals surface area contributed by atoms with Crippen LogP contribution < -0.4 is 16.0 Å². The Hall–Kier alpha value is -3.45. The van der Waals surface area contributed by atoms with E-state index in [1.54, 1.807) is 12.1 Å². The van der Waals surface area contributed by atoms with Crippen LogP contribution in [0.1, 0.15) is 18.1 Å². The molecule has 0 saturated carbocycles. The van der Waals surface area contributed by atoms with Gasteiger partial charge in [-0.1, -0.05) is 24.8 Å². The van der Waals surface area contributed by atoms with Gasteiger partial charge in [-0.25, -0.2) is 9.37 Å². The number of halogens is 2. The number of hydrogen-bond acceptors (Lipinski definition) is 5. The van der Waals surface area contributed by atoms with Gasteiger partial charge in [-0.05, 0) is 48.7 Å². The Bertz CT molecular complexity index is 1240. The van der Waals surface area contributed by atoms with Crippen molar-refractivity contribution in [3.8, 4) is 22.3 Å². The summed E-state index contributed by atoms with van der Waals surface area (Å²) in [5.41, 5.74) is 11.5. The van der Waals surface area contributed by atoms with E-state index in [1.807, 2.05) is 31.2 Å². The fourth-order valence-corrected chi connectivity index (χ4v) is 4.64. The van der Waals surface area contributed by atoms with Crippen LogP contribution in [0.3, 0.4) is 0 Å². The zero-order valence-corrected chi connectivity index (χ0v) is 18.5. The van der Waals surface area contributed by atoms with E-state index >= 15 is 4.39 Å². The molecule has 5 nitrogen and oxygen atoms in total. The highest BCUT2D eigenvalue weighted by Gasteiger charge is 2.22. The largest absolute Gasteiger partial charge is 0.385 e. The highest BCUT2D eigenvalue weighted by atomic mass is 19.1. The summed E-state index contributed by atoms with van der Waals surface area (Å²) < 4.78 is 35.5. The second kappa shape index (κ2) is 8.48. The molecule has 0 amide bonds. The highest BCUT2D eigenvalue weighted by molar-refractivity contribution is 5.82. The van der Waals surface area contributed by atoms with Gasteiger partial charge in [-0.3, -0.25) is 0 Å². The molecule has 2 aromatic carbocycles. The van der Waals surface area contributed by atoms with E-state index in [4.69, 9.17) is 10.5 Å². The van der Waals surface area contributed by atoms with Gasteiger partial charge in [0.05, 0.1) is 13.2 Å². The van der Waals surface area contributed by atoms with Crippen molar-refractivity contribution in [2.24, 2.45) is 0 Å². The number of nitrogen functional groups attached to an aromatic ring is 1. The molecule has 3 heterocycles. The third-order valence-corrected chi connectivity index (χ3v) is 6.42. The maximum absolute atomic E-state index is 15.2. The Balaban J connectivity index is 1.54. The van der Waals surface area contributed by atoms with Crippen molar-refractivity contribution in [2.45, 2.75) is 19.4 Å². The van der Waals surface area contributed by atoms with Crippen LogP contribution in [0.5, 0.6) is 0 Å². The zero-order chi connectivity index (χ0) is 23.1. The van der Waals surface area contributed by atoms with Crippen LogP contribution in [-0.2, 0) is 11.2 Å². The van der Waals surface area contributed by atoms with Gasteiger partial charge in [-0.2, -0.15) is 4.39 Å². The number of pyridine rings is 1. The van der Waals surface area contributed by atoms with Gasteiger partial charge in [-0.15, -0.1) is 0 Å². The van der Waals surface area contributed by atoms with Crippen molar-refractivity contribution in [3.63, 3.8) is 0 Å². The van der Waals surface area contributed by atoms with Crippen LogP contribution in [0.4, 0.5) is 20.3 Å². The highest BCUT2D eigenvalue weighted by Crippen LogP contribution is 2.36. The normalized spacial score (nSPS) is 18.1. The molecule has 1 atom stereocenters. The first kappa shape index (κ1) is 21.4. The predicted molar refractivity (Wildman–Crippen MR) is 128 cm³/mol. The Morgan fingerprint density at radius 1 is 1.09 bits per heavy atom. The molecule has 3 aromatic rings. The predicted octanol–water partition coefficient (Wildman–Crippen LogP) is 4.62. The number of hydrogen-bond donors (Lipinski definition) is 2. The Morgan fingerprint density at radius 3 is 2.70 bits per heavy atom. The SMILES string of the molecule is C=C1NCCc2cc(-c3cc(-c4ccc(N5CCOCC5C)cc4F)c(F)nc3N)ccc21. The topological polar surface area (TPSA) is 63.4 Å². The summed E-state index contributed by atoms with van der Waals surface area (Å²) >= 11 is 0. The Morgan fingerprint density at radius 2 is 1.91 bits per heavy atom. The van der Waals surface area contributed by atoms with E-state index < -0.39 is 11.8 Å². The number of aromatic nitrogens is 1. The van der Waals surface area contributed by atoms with E-state index in [0.717, 1.165) is 41.0 Å². The fourth-order valence-electron chi connectivity index (χ4n) is 4.64. The van der Waals surface area contributed by atoms with E-state index in [1.165, 1.54) is 6.07 Å². The standard InChI is InChI=1S/C26H26F2N4O/c1-15-14-33-10-9-32(15)19-4-6-21(24(27)12-19)23-13-22(26(29)31-25(23)28)17-3-5-20-16(2)30-8-7-18(20)11-17/h3-6,11-13,15,30H,2,7-10,14H2,1H3,(H2,29,31). The lowest BCUT2D eigenvalue weighted by molar-refractivity contribution is 0.0989. The molecule has 1 unspecified atom stereocenters. The minimum absolute atomic E-state index is 0.0723. The van der Waals surface area contributed by atoms with Crippen molar-refractivity contribution in [1.82, 2.24) is 10.3 Å². The monoisotopic (exact) mass is 448 g/mol. The smallest absolute Gasteiger partial charge is 0.222 e.